The molecule has 174 valence electrons. The average Bonchev–Trinajstić information content (AvgIpc) is 3.60. The van der Waals surface area contributed by atoms with Gasteiger partial charge in [-0.2, -0.15) is 0 Å². The molecule has 4 nitrogen and oxygen atoms in total. The zero-order valence-corrected chi connectivity index (χ0v) is 19.6. The molecule has 0 bridgehead atoms. The Morgan fingerprint density at radius 3 is 2.28 bits per heavy atom. The second-order valence-electron chi connectivity index (χ2n) is 11.5. The smallest absolute Gasteiger partial charge is 0.250 e. The maximum atomic E-state index is 14.7. The van der Waals surface area contributed by atoms with E-state index in [1.54, 1.807) is 0 Å². The van der Waals surface area contributed by atoms with Crippen LogP contribution in [0.25, 0.3) is 0 Å². The van der Waals surface area contributed by atoms with Crippen LogP contribution in [-0.2, 0) is 14.3 Å². The molecule has 1 saturated heterocycles. The predicted octanol–water partition coefficient (Wildman–Crippen LogP) is 5.91. The molecule has 6 rings (SSSR count). The van der Waals surface area contributed by atoms with Gasteiger partial charge in [0.25, 0.3) is 0 Å². The van der Waals surface area contributed by atoms with Crippen molar-refractivity contribution in [1.82, 2.24) is 5.32 Å². The molecule has 0 aromatic carbocycles. The minimum Gasteiger partial charge on any atom is -0.355 e. The highest BCUT2D eigenvalue weighted by molar-refractivity contribution is 6.11. The van der Waals surface area contributed by atoms with Crippen molar-refractivity contribution in [3.05, 3.63) is 22.3 Å². The summed E-state index contributed by atoms with van der Waals surface area (Å²) in [5.74, 6) is 1.11. The van der Waals surface area contributed by atoms with Crippen LogP contribution in [0.3, 0.4) is 0 Å². The third-order valence-electron chi connectivity index (χ3n) is 9.81. The van der Waals surface area contributed by atoms with E-state index in [4.69, 9.17) is 4.74 Å². The number of carbonyl (C=O) groups is 2. The van der Waals surface area contributed by atoms with E-state index in [1.807, 2.05) is 0 Å². The van der Waals surface area contributed by atoms with Crippen LogP contribution in [0, 0.1) is 17.3 Å². The van der Waals surface area contributed by atoms with E-state index in [9.17, 15) is 9.59 Å². The Morgan fingerprint density at radius 2 is 1.59 bits per heavy atom. The van der Waals surface area contributed by atoms with Crippen LogP contribution in [0.1, 0.15) is 109 Å². The van der Waals surface area contributed by atoms with Gasteiger partial charge in [0.05, 0.1) is 5.41 Å². The van der Waals surface area contributed by atoms with Crippen LogP contribution >= 0.6 is 0 Å². The van der Waals surface area contributed by atoms with E-state index < -0.39 is 11.1 Å². The fourth-order valence-corrected chi connectivity index (χ4v) is 8.45. The van der Waals surface area contributed by atoms with Crippen molar-refractivity contribution in [2.45, 2.75) is 115 Å². The first kappa shape index (κ1) is 21.1. The number of hydrogen-bond donors (Lipinski definition) is 1. The molecule has 32 heavy (non-hydrogen) atoms. The number of amides is 1. The summed E-state index contributed by atoms with van der Waals surface area (Å²) in [6.07, 6.45) is 18.4. The minimum absolute atomic E-state index is 0.0255. The summed E-state index contributed by atoms with van der Waals surface area (Å²) in [6.45, 7) is 0.737. The van der Waals surface area contributed by atoms with E-state index >= 15 is 0 Å². The zero-order chi connectivity index (χ0) is 21.8. The van der Waals surface area contributed by atoms with Gasteiger partial charge in [-0.15, -0.1) is 0 Å². The number of allylic oxidation sites excluding steroid dienone is 2. The lowest BCUT2D eigenvalue weighted by Crippen LogP contribution is -2.59. The lowest BCUT2D eigenvalue weighted by atomic mass is 9.65. The third kappa shape index (κ3) is 3.11. The fourth-order valence-electron chi connectivity index (χ4n) is 8.45. The number of fused-ring (bicyclic) bond motifs is 2. The van der Waals surface area contributed by atoms with E-state index in [1.165, 1.54) is 55.2 Å². The van der Waals surface area contributed by atoms with Crippen LogP contribution in [0.4, 0.5) is 0 Å². The van der Waals surface area contributed by atoms with Gasteiger partial charge in [0, 0.05) is 18.1 Å². The maximum Gasteiger partial charge on any atom is 0.250 e. The Kier molecular flexibility index (Phi) is 5.36. The highest BCUT2D eigenvalue weighted by atomic mass is 16.5. The van der Waals surface area contributed by atoms with Gasteiger partial charge in [0.1, 0.15) is 5.72 Å². The summed E-state index contributed by atoms with van der Waals surface area (Å²) in [6, 6.07) is 0. The highest BCUT2D eigenvalue weighted by Gasteiger charge is 2.58. The molecule has 2 heterocycles. The SMILES string of the molecule is O=C1NC2(CCCO2)C2CCCC2=C1C1(C(=O)C(=C2CCCC2)C2CCCC2)CCCC1. The second-order valence-corrected chi connectivity index (χ2v) is 11.5. The van der Waals surface area contributed by atoms with Crippen LogP contribution in [0.15, 0.2) is 22.3 Å². The molecule has 6 aliphatic rings. The lowest BCUT2D eigenvalue weighted by Gasteiger charge is -2.45. The average molecular weight is 438 g/mol. The molecule has 1 spiro atoms. The summed E-state index contributed by atoms with van der Waals surface area (Å²) in [5.41, 5.74) is 3.78. The Hall–Kier alpha value is -1.42. The van der Waals surface area contributed by atoms with Gasteiger partial charge >= 0.3 is 0 Å². The zero-order valence-electron chi connectivity index (χ0n) is 19.6. The summed E-state index contributed by atoms with van der Waals surface area (Å²) in [5, 5.41) is 3.36. The number of Topliss-reactive ketones (excluding diaryl/α,β-unsaturated/α-hetero) is 1. The molecule has 2 atom stereocenters. The minimum atomic E-state index is -0.574. The van der Waals surface area contributed by atoms with E-state index in [0.29, 0.717) is 11.7 Å². The first-order valence-electron chi connectivity index (χ1n) is 13.6. The van der Waals surface area contributed by atoms with E-state index in [2.05, 4.69) is 5.32 Å². The monoisotopic (exact) mass is 437 g/mol. The van der Waals surface area contributed by atoms with Gasteiger partial charge in [0.15, 0.2) is 5.78 Å². The Balaban J connectivity index is 1.46. The molecular formula is C28H39NO3. The van der Waals surface area contributed by atoms with Crippen LogP contribution < -0.4 is 5.32 Å². The normalized spacial score (nSPS) is 34.6. The van der Waals surface area contributed by atoms with E-state index in [-0.39, 0.29) is 11.8 Å². The number of ether oxygens (including phenoxy) is 1. The Bertz CT molecular complexity index is 855. The van der Waals surface area contributed by atoms with Gasteiger partial charge in [-0.25, -0.2) is 0 Å². The summed E-state index contributed by atoms with van der Waals surface area (Å²) < 4.78 is 6.22. The van der Waals surface area contributed by atoms with Gasteiger partial charge in [-0.05, 0) is 95.0 Å². The molecule has 1 amide bonds. The van der Waals surface area contributed by atoms with Gasteiger partial charge < -0.3 is 10.1 Å². The first-order chi connectivity index (χ1) is 15.6. The molecular weight excluding hydrogens is 398 g/mol. The lowest BCUT2D eigenvalue weighted by molar-refractivity contribution is -0.137. The molecule has 0 radical (unpaired) electrons. The van der Waals surface area contributed by atoms with Crippen molar-refractivity contribution in [2.24, 2.45) is 17.3 Å². The Morgan fingerprint density at radius 1 is 0.844 bits per heavy atom. The second kappa shape index (κ2) is 8.11. The third-order valence-corrected chi connectivity index (χ3v) is 9.81. The fraction of sp³-hybridized carbons (Fsp3) is 0.786. The molecule has 0 aromatic rings. The summed E-state index contributed by atoms with van der Waals surface area (Å²) in [4.78, 5) is 28.5. The highest BCUT2D eigenvalue weighted by Crippen LogP contribution is 2.57. The van der Waals surface area contributed by atoms with Crippen LogP contribution in [-0.4, -0.2) is 24.0 Å². The molecule has 4 saturated carbocycles. The van der Waals surface area contributed by atoms with Crippen molar-refractivity contribution >= 4 is 11.7 Å². The van der Waals surface area contributed by atoms with Gasteiger partial charge in [-0.1, -0.05) is 36.8 Å². The predicted molar refractivity (Wildman–Crippen MR) is 124 cm³/mol. The number of ketones is 1. The standard InChI is InChI=1S/C28H39NO3/c30-25(23(19-9-1-2-10-19)20-11-3-4-12-20)27(15-5-6-16-27)24-21-13-7-14-22(21)28(29-26(24)31)17-8-18-32-28/h19,22H,1-18H2,(H,29,31). The van der Waals surface area contributed by atoms with Crippen molar-refractivity contribution in [3.63, 3.8) is 0 Å². The molecule has 4 aliphatic carbocycles. The number of carbonyl (C=O) groups excluding carboxylic acids is 2. The van der Waals surface area contributed by atoms with Crippen LogP contribution in [0.2, 0.25) is 0 Å². The van der Waals surface area contributed by atoms with Gasteiger partial charge in [0.2, 0.25) is 5.91 Å². The quantitative estimate of drug-likeness (QED) is 0.556. The largest absolute Gasteiger partial charge is 0.355 e. The molecule has 5 fully saturated rings. The number of nitrogens with one attached hydrogen (secondary N) is 1. The van der Waals surface area contributed by atoms with E-state index in [0.717, 1.165) is 82.8 Å². The van der Waals surface area contributed by atoms with Gasteiger partial charge in [-0.3, -0.25) is 9.59 Å². The molecule has 0 aromatic heterocycles. The summed E-state index contributed by atoms with van der Waals surface area (Å²) in [7, 11) is 0. The topological polar surface area (TPSA) is 55.4 Å². The molecule has 2 aliphatic heterocycles. The Labute approximate surface area is 192 Å². The number of rotatable bonds is 4. The molecule has 2 unspecified atom stereocenters. The van der Waals surface area contributed by atoms with Crippen molar-refractivity contribution in [1.29, 1.82) is 0 Å². The van der Waals surface area contributed by atoms with Crippen molar-refractivity contribution in [3.8, 4) is 0 Å². The molecule has 1 N–H and O–H groups in total. The van der Waals surface area contributed by atoms with Crippen LogP contribution in [0.5, 0.6) is 0 Å². The number of hydrogen-bond acceptors (Lipinski definition) is 3. The first-order valence-corrected chi connectivity index (χ1v) is 13.6. The molecule has 4 heteroatoms. The van der Waals surface area contributed by atoms with Crippen molar-refractivity contribution in [2.75, 3.05) is 6.61 Å². The summed E-state index contributed by atoms with van der Waals surface area (Å²) >= 11 is 0. The maximum absolute atomic E-state index is 14.7. The van der Waals surface area contributed by atoms with Crippen molar-refractivity contribution < 1.29 is 14.3 Å².